The highest BCUT2D eigenvalue weighted by Crippen LogP contribution is 2.06. The molecule has 1 aliphatic heterocycles. The topological polar surface area (TPSA) is 29.1 Å². The summed E-state index contributed by atoms with van der Waals surface area (Å²) in [6.07, 6.45) is 1.98. The summed E-state index contributed by atoms with van der Waals surface area (Å²) in [4.78, 5) is 9.87. The summed E-state index contributed by atoms with van der Waals surface area (Å²) in [5.41, 5.74) is 0. The third-order valence-electron chi connectivity index (χ3n) is 1.27. The van der Waals surface area contributed by atoms with Crippen molar-refractivity contribution in [3.8, 4) is 0 Å². The van der Waals surface area contributed by atoms with Crippen molar-refractivity contribution in [2.24, 2.45) is 0 Å². The van der Waals surface area contributed by atoms with Crippen LogP contribution in [0.3, 0.4) is 0 Å². The molecule has 0 aromatic heterocycles. The van der Waals surface area contributed by atoms with Gasteiger partial charge in [-0.2, -0.15) is 0 Å². The van der Waals surface area contributed by atoms with Crippen LogP contribution < -0.4 is 5.32 Å². The van der Waals surface area contributed by atoms with E-state index < -0.39 is 0 Å². The number of aldehydes is 1. The average molecular weight is 99.1 g/mol. The van der Waals surface area contributed by atoms with Crippen LogP contribution in [-0.4, -0.2) is 18.4 Å². The van der Waals surface area contributed by atoms with Gasteiger partial charge in [-0.25, -0.2) is 0 Å². The van der Waals surface area contributed by atoms with E-state index in [1.165, 1.54) is 0 Å². The number of hydrogen-bond acceptors (Lipinski definition) is 2. The highest BCUT2D eigenvalue weighted by atomic mass is 16.1. The average Bonchev–Trinajstić information content (AvgIpc) is 1.58. The van der Waals surface area contributed by atoms with Crippen molar-refractivity contribution < 1.29 is 4.79 Å². The molecule has 1 heterocycles. The second-order valence-electron chi connectivity index (χ2n) is 2.05. The van der Waals surface area contributed by atoms with Gasteiger partial charge < -0.3 is 10.1 Å². The Hall–Kier alpha value is -0.370. The first-order valence-electron chi connectivity index (χ1n) is 2.54. The monoisotopic (exact) mass is 99.1 g/mol. The van der Waals surface area contributed by atoms with Crippen molar-refractivity contribution in [1.82, 2.24) is 5.32 Å². The molecule has 2 nitrogen and oxygen atoms in total. The SMILES string of the molecule is CC1CC(C=O)N1. The minimum atomic E-state index is 0.162. The van der Waals surface area contributed by atoms with Gasteiger partial charge in [0.05, 0.1) is 6.04 Å². The van der Waals surface area contributed by atoms with E-state index in [2.05, 4.69) is 12.2 Å². The zero-order valence-corrected chi connectivity index (χ0v) is 4.35. The predicted octanol–water partition coefficient (Wildman–Crippen LogP) is -0.0643. The van der Waals surface area contributed by atoms with Crippen molar-refractivity contribution in [2.75, 3.05) is 0 Å². The van der Waals surface area contributed by atoms with Crippen molar-refractivity contribution >= 4 is 6.29 Å². The predicted molar refractivity (Wildman–Crippen MR) is 27.1 cm³/mol. The van der Waals surface area contributed by atoms with E-state index in [0.29, 0.717) is 6.04 Å². The van der Waals surface area contributed by atoms with Crippen LogP contribution in [0.4, 0.5) is 0 Å². The van der Waals surface area contributed by atoms with Gasteiger partial charge in [-0.05, 0) is 13.3 Å². The zero-order chi connectivity index (χ0) is 5.28. The molecule has 0 aromatic rings. The molecule has 0 radical (unpaired) electrons. The third kappa shape index (κ3) is 0.800. The first kappa shape index (κ1) is 4.78. The van der Waals surface area contributed by atoms with E-state index in [-0.39, 0.29) is 6.04 Å². The molecule has 0 aromatic carbocycles. The summed E-state index contributed by atoms with van der Waals surface area (Å²) in [6.45, 7) is 2.07. The molecule has 1 N–H and O–H groups in total. The van der Waals surface area contributed by atoms with E-state index in [0.717, 1.165) is 12.7 Å². The number of rotatable bonds is 1. The lowest BCUT2D eigenvalue weighted by atomic mass is 10.0. The second-order valence-corrected chi connectivity index (χ2v) is 2.05. The van der Waals surface area contributed by atoms with Gasteiger partial charge in [0, 0.05) is 6.04 Å². The molecule has 1 fully saturated rings. The second kappa shape index (κ2) is 1.62. The van der Waals surface area contributed by atoms with Gasteiger partial charge in [0.2, 0.25) is 0 Å². The summed E-state index contributed by atoms with van der Waals surface area (Å²) in [7, 11) is 0. The lowest BCUT2D eigenvalue weighted by molar-refractivity contribution is -0.111. The fraction of sp³-hybridized carbons (Fsp3) is 0.800. The van der Waals surface area contributed by atoms with Crippen LogP contribution in [0.15, 0.2) is 0 Å². The summed E-state index contributed by atoms with van der Waals surface area (Å²) >= 11 is 0. The van der Waals surface area contributed by atoms with Gasteiger partial charge in [-0.1, -0.05) is 0 Å². The largest absolute Gasteiger partial charge is 0.305 e. The highest BCUT2D eigenvalue weighted by Gasteiger charge is 2.22. The lowest BCUT2D eigenvalue weighted by Crippen LogP contribution is -2.51. The molecule has 0 aliphatic carbocycles. The fourth-order valence-electron chi connectivity index (χ4n) is 0.817. The Morgan fingerprint density at radius 1 is 1.86 bits per heavy atom. The quantitative estimate of drug-likeness (QED) is 0.466. The van der Waals surface area contributed by atoms with Gasteiger partial charge in [-0.15, -0.1) is 0 Å². The lowest BCUT2D eigenvalue weighted by Gasteiger charge is -2.30. The van der Waals surface area contributed by atoms with Crippen molar-refractivity contribution in [3.05, 3.63) is 0 Å². The van der Waals surface area contributed by atoms with Gasteiger partial charge in [0.15, 0.2) is 0 Å². The normalized spacial score (nSPS) is 39.6. The van der Waals surface area contributed by atoms with Gasteiger partial charge in [0.25, 0.3) is 0 Å². The van der Waals surface area contributed by atoms with E-state index in [9.17, 15) is 4.79 Å². The Labute approximate surface area is 42.9 Å². The van der Waals surface area contributed by atoms with Crippen molar-refractivity contribution in [2.45, 2.75) is 25.4 Å². The molecule has 40 valence electrons. The first-order chi connectivity index (χ1) is 3.33. The maximum atomic E-state index is 9.87. The van der Waals surface area contributed by atoms with Crippen LogP contribution in [-0.2, 0) is 4.79 Å². The Kier molecular flexibility index (Phi) is 1.11. The maximum absolute atomic E-state index is 9.87. The Morgan fingerprint density at radius 2 is 2.43 bits per heavy atom. The molecule has 0 saturated carbocycles. The zero-order valence-electron chi connectivity index (χ0n) is 4.35. The van der Waals surface area contributed by atoms with Crippen LogP contribution in [0.1, 0.15) is 13.3 Å². The summed E-state index contributed by atoms with van der Waals surface area (Å²) in [5.74, 6) is 0. The number of carbonyl (C=O) groups is 1. The molecule has 1 saturated heterocycles. The molecule has 1 aliphatic rings. The summed E-state index contributed by atoms with van der Waals surface area (Å²) in [6, 6.07) is 0.727. The minimum Gasteiger partial charge on any atom is -0.305 e. The van der Waals surface area contributed by atoms with Crippen molar-refractivity contribution in [1.29, 1.82) is 0 Å². The van der Waals surface area contributed by atoms with Gasteiger partial charge >= 0.3 is 0 Å². The Morgan fingerprint density at radius 3 is 2.57 bits per heavy atom. The van der Waals surface area contributed by atoms with E-state index in [1.54, 1.807) is 0 Å². The first-order valence-corrected chi connectivity index (χ1v) is 2.54. The van der Waals surface area contributed by atoms with Crippen LogP contribution >= 0.6 is 0 Å². The smallest absolute Gasteiger partial charge is 0.136 e. The van der Waals surface area contributed by atoms with Crippen LogP contribution in [0, 0.1) is 0 Å². The standard InChI is InChI=1S/C5H9NO/c1-4-2-5(3-7)6-4/h3-6H,2H2,1H3. The third-order valence-corrected chi connectivity index (χ3v) is 1.27. The van der Waals surface area contributed by atoms with E-state index in [1.807, 2.05) is 0 Å². The van der Waals surface area contributed by atoms with Gasteiger partial charge in [-0.3, -0.25) is 0 Å². The molecule has 7 heavy (non-hydrogen) atoms. The van der Waals surface area contributed by atoms with Crippen LogP contribution in [0.5, 0.6) is 0 Å². The maximum Gasteiger partial charge on any atom is 0.136 e. The molecule has 2 atom stereocenters. The van der Waals surface area contributed by atoms with Crippen molar-refractivity contribution in [3.63, 3.8) is 0 Å². The highest BCUT2D eigenvalue weighted by molar-refractivity contribution is 5.59. The van der Waals surface area contributed by atoms with Crippen LogP contribution in [0.2, 0.25) is 0 Å². The molecular formula is C5H9NO. The number of nitrogens with one attached hydrogen (secondary N) is 1. The van der Waals surface area contributed by atoms with Gasteiger partial charge in [0.1, 0.15) is 6.29 Å². The Balaban J connectivity index is 2.17. The molecule has 2 unspecified atom stereocenters. The summed E-state index contributed by atoms with van der Waals surface area (Å²) < 4.78 is 0. The molecular weight excluding hydrogens is 90.1 g/mol. The minimum absolute atomic E-state index is 0.162. The fourth-order valence-corrected chi connectivity index (χ4v) is 0.817. The van der Waals surface area contributed by atoms with E-state index in [4.69, 9.17) is 0 Å². The molecule has 0 amide bonds. The van der Waals surface area contributed by atoms with E-state index >= 15 is 0 Å². The Bertz CT molecular complexity index is 76.1. The molecule has 2 heteroatoms. The summed E-state index contributed by atoms with van der Waals surface area (Å²) in [5, 5.41) is 3.02. The van der Waals surface area contributed by atoms with Crippen LogP contribution in [0.25, 0.3) is 0 Å². The number of carbonyl (C=O) groups excluding carboxylic acids is 1. The molecule has 1 rings (SSSR count). The number of hydrogen-bond donors (Lipinski definition) is 1. The molecule has 0 spiro atoms. The molecule has 0 bridgehead atoms.